The molecule has 0 radical (unpaired) electrons. The number of carbonyl (C=O) groups is 2. The number of nitrogens with zero attached hydrogens (tertiary/aromatic N) is 1. The summed E-state index contributed by atoms with van der Waals surface area (Å²) in [7, 11) is -4.22. The van der Waals surface area contributed by atoms with Gasteiger partial charge in [-0.3, -0.25) is 14.5 Å². The first-order valence-electron chi connectivity index (χ1n) is 9.08. The van der Waals surface area contributed by atoms with E-state index in [4.69, 9.17) is 4.18 Å². The van der Waals surface area contributed by atoms with Gasteiger partial charge in [0.25, 0.3) is 5.91 Å². The van der Waals surface area contributed by atoms with Gasteiger partial charge < -0.3 is 10.4 Å². The summed E-state index contributed by atoms with van der Waals surface area (Å²) in [6, 6.07) is -1.50. The Morgan fingerprint density at radius 2 is 2.04 bits per heavy atom. The van der Waals surface area contributed by atoms with Gasteiger partial charge in [-0.05, 0) is 46.0 Å². The summed E-state index contributed by atoms with van der Waals surface area (Å²) < 4.78 is 30.8. The van der Waals surface area contributed by atoms with E-state index in [1.54, 1.807) is 18.7 Å². The number of hydrogen-bond acceptors (Lipinski definition) is 7. The Balaban J connectivity index is 1.98. The zero-order valence-corrected chi connectivity index (χ0v) is 16.3. The summed E-state index contributed by atoms with van der Waals surface area (Å²) in [6.07, 6.45) is 2.71. The van der Waals surface area contributed by atoms with Crippen molar-refractivity contribution in [1.82, 2.24) is 14.9 Å². The first-order valence-corrected chi connectivity index (χ1v) is 10.5. The second-order valence-corrected chi connectivity index (χ2v) is 8.61. The lowest BCUT2D eigenvalue weighted by molar-refractivity contribution is -0.133. The van der Waals surface area contributed by atoms with Crippen molar-refractivity contribution >= 4 is 22.1 Å². The van der Waals surface area contributed by atoms with Crippen LogP contribution in [-0.2, 0) is 24.1 Å². The Kier molecular flexibility index (Phi) is 6.65. The molecular weight excluding hydrogens is 362 g/mol. The number of aliphatic hydroxyl groups is 1. The van der Waals surface area contributed by atoms with E-state index in [0.717, 1.165) is 6.42 Å². The summed E-state index contributed by atoms with van der Waals surface area (Å²) in [6.45, 7) is 5.68. The van der Waals surface area contributed by atoms with Crippen LogP contribution in [0.3, 0.4) is 0 Å². The number of carbonyl (C=O) groups excluding carboxylic acids is 2. The molecule has 2 fully saturated rings. The maximum Gasteiger partial charge on any atom is 0.362 e. The summed E-state index contributed by atoms with van der Waals surface area (Å²) >= 11 is 0. The second kappa shape index (κ2) is 8.20. The Labute approximate surface area is 154 Å². The molecule has 1 saturated heterocycles. The molecule has 1 aliphatic heterocycles. The highest BCUT2D eigenvalue weighted by atomic mass is 32.2. The van der Waals surface area contributed by atoms with E-state index in [0.29, 0.717) is 38.6 Å². The molecule has 3 unspecified atom stereocenters. The normalized spacial score (nSPS) is 24.7. The minimum absolute atomic E-state index is 0.297. The van der Waals surface area contributed by atoms with E-state index >= 15 is 0 Å². The fourth-order valence-electron chi connectivity index (χ4n) is 3.08. The molecule has 2 aliphatic rings. The Morgan fingerprint density at radius 3 is 2.58 bits per heavy atom. The maximum atomic E-state index is 12.5. The average Bonchev–Trinajstić information content (AvgIpc) is 3.04. The van der Waals surface area contributed by atoms with Crippen LogP contribution in [0.25, 0.3) is 0 Å². The molecule has 9 nitrogen and oxygen atoms in total. The molecule has 1 saturated carbocycles. The number of hydrogen-bond donors (Lipinski definition) is 3. The molecule has 0 bridgehead atoms. The van der Waals surface area contributed by atoms with Gasteiger partial charge in [0.05, 0.1) is 11.6 Å². The first-order chi connectivity index (χ1) is 12.1. The topological polar surface area (TPSA) is 125 Å². The quantitative estimate of drug-likeness (QED) is 0.505. The zero-order valence-electron chi connectivity index (χ0n) is 15.5. The number of rotatable bonds is 9. The van der Waals surface area contributed by atoms with Crippen LogP contribution >= 0.6 is 0 Å². The van der Waals surface area contributed by atoms with E-state index in [1.165, 1.54) is 0 Å². The van der Waals surface area contributed by atoms with Crippen LogP contribution in [-0.4, -0.2) is 60.7 Å². The van der Waals surface area contributed by atoms with Gasteiger partial charge in [-0.1, -0.05) is 13.3 Å². The summed E-state index contributed by atoms with van der Waals surface area (Å²) in [5, 5.41) is 12.4. The van der Waals surface area contributed by atoms with Crippen molar-refractivity contribution in [3.8, 4) is 0 Å². The fourth-order valence-corrected chi connectivity index (χ4v) is 4.21. The van der Waals surface area contributed by atoms with E-state index in [2.05, 4.69) is 5.32 Å². The van der Waals surface area contributed by atoms with E-state index in [9.17, 15) is 23.1 Å². The molecule has 3 N–H and O–H groups in total. The highest BCUT2D eigenvalue weighted by Crippen LogP contribution is 2.39. The fraction of sp³-hybridized carbons (Fsp3) is 0.875. The van der Waals surface area contributed by atoms with Gasteiger partial charge in [-0.15, -0.1) is 0 Å². The first kappa shape index (κ1) is 21.1. The van der Waals surface area contributed by atoms with Crippen molar-refractivity contribution in [3.05, 3.63) is 0 Å². The predicted octanol–water partition coefficient (Wildman–Crippen LogP) is 0.00410. The largest absolute Gasteiger partial charge is 0.379 e. The van der Waals surface area contributed by atoms with Crippen molar-refractivity contribution in [1.29, 1.82) is 0 Å². The van der Waals surface area contributed by atoms with Crippen molar-refractivity contribution in [2.24, 2.45) is 0 Å². The van der Waals surface area contributed by atoms with Gasteiger partial charge in [-0.2, -0.15) is 8.42 Å². The maximum absolute atomic E-state index is 12.5. The molecule has 10 heteroatoms. The lowest BCUT2D eigenvalue weighted by atomic mass is 10.1. The number of likely N-dealkylation sites (tertiary alicyclic amines) is 1. The van der Waals surface area contributed by atoms with Gasteiger partial charge in [0, 0.05) is 6.54 Å². The SMILES string of the molecule is CCCC(NC(=O)C1CCCN1C(C)O)C(=O)NS(=O)(=O)OC1(C)CC1. The molecule has 26 heavy (non-hydrogen) atoms. The van der Waals surface area contributed by atoms with Crippen molar-refractivity contribution in [2.75, 3.05) is 6.54 Å². The molecular formula is C16H29N3O6S. The molecule has 0 aromatic rings. The Bertz CT molecular complexity index is 632. The highest BCUT2D eigenvalue weighted by Gasteiger charge is 2.44. The lowest BCUT2D eigenvalue weighted by Gasteiger charge is -2.28. The van der Waals surface area contributed by atoms with Crippen molar-refractivity contribution in [2.45, 2.75) is 83.2 Å². The van der Waals surface area contributed by atoms with Gasteiger partial charge in [0.15, 0.2) is 0 Å². The number of nitrogens with one attached hydrogen (secondary N) is 2. The van der Waals surface area contributed by atoms with Crippen LogP contribution in [0.1, 0.15) is 59.3 Å². The molecule has 0 aromatic carbocycles. The minimum Gasteiger partial charge on any atom is -0.379 e. The minimum atomic E-state index is -4.22. The molecule has 150 valence electrons. The Hall–Kier alpha value is -1.23. The van der Waals surface area contributed by atoms with Crippen LogP contribution in [0.4, 0.5) is 0 Å². The molecule has 1 aliphatic carbocycles. The summed E-state index contributed by atoms with van der Waals surface area (Å²) in [4.78, 5) is 26.6. The zero-order chi connectivity index (χ0) is 19.5. The third-order valence-electron chi connectivity index (χ3n) is 4.78. The smallest absolute Gasteiger partial charge is 0.362 e. The van der Waals surface area contributed by atoms with Gasteiger partial charge >= 0.3 is 10.3 Å². The Morgan fingerprint density at radius 1 is 1.38 bits per heavy atom. The summed E-state index contributed by atoms with van der Waals surface area (Å²) in [5.41, 5.74) is -0.739. The third kappa shape index (κ3) is 5.63. The van der Waals surface area contributed by atoms with Crippen molar-refractivity contribution in [3.63, 3.8) is 0 Å². The number of aliphatic hydroxyl groups excluding tert-OH is 1. The predicted molar refractivity (Wildman–Crippen MR) is 94.0 cm³/mol. The second-order valence-electron chi connectivity index (χ2n) is 7.33. The van der Waals surface area contributed by atoms with E-state index in [-0.39, 0.29) is 5.91 Å². The monoisotopic (exact) mass is 391 g/mol. The van der Waals surface area contributed by atoms with Gasteiger partial charge in [0.1, 0.15) is 12.3 Å². The lowest BCUT2D eigenvalue weighted by Crippen LogP contribution is -2.54. The van der Waals surface area contributed by atoms with Crippen LogP contribution in [0.2, 0.25) is 0 Å². The van der Waals surface area contributed by atoms with Gasteiger partial charge in [-0.25, -0.2) is 8.91 Å². The van der Waals surface area contributed by atoms with Gasteiger partial charge in [0.2, 0.25) is 5.91 Å². The highest BCUT2D eigenvalue weighted by molar-refractivity contribution is 7.85. The average molecular weight is 391 g/mol. The molecule has 0 aromatic heterocycles. The van der Waals surface area contributed by atoms with Crippen LogP contribution in [0.15, 0.2) is 0 Å². The molecule has 0 spiro atoms. The number of amides is 2. The third-order valence-corrected chi connectivity index (χ3v) is 5.85. The van der Waals surface area contributed by atoms with E-state index < -0.39 is 40.1 Å². The van der Waals surface area contributed by atoms with Crippen LogP contribution in [0, 0.1) is 0 Å². The van der Waals surface area contributed by atoms with E-state index in [1.807, 2.05) is 11.6 Å². The molecule has 3 atom stereocenters. The summed E-state index contributed by atoms with van der Waals surface area (Å²) in [5.74, 6) is -1.20. The van der Waals surface area contributed by atoms with Crippen LogP contribution in [0.5, 0.6) is 0 Å². The molecule has 2 rings (SSSR count). The van der Waals surface area contributed by atoms with Crippen LogP contribution < -0.4 is 10.0 Å². The standard InChI is InChI=1S/C16H29N3O6S/c1-4-6-12(14(21)18-26(23,24)25-16(3)8-9-16)17-15(22)13-7-5-10-19(13)11(2)20/h11-13,20H,4-10H2,1-3H3,(H,17,22)(H,18,21). The molecule has 2 amide bonds. The van der Waals surface area contributed by atoms with Crippen molar-refractivity contribution < 1.29 is 27.3 Å². The molecule has 1 heterocycles.